The molecule has 2 atom stereocenters. The summed E-state index contributed by atoms with van der Waals surface area (Å²) in [6.45, 7) is 13.2. The summed E-state index contributed by atoms with van der Waals surface area (Å²) < 4.78 is 1.96. The molecule has 6 nitrogen and oxygen atoms in total. The highest BCUT2D eigenvalue weighted by Crippen LogP contribution is 2.15. The number of guanidine groups is 1. The summed E-state index contributed by atoms with van der Waals surface area (Å²) in [7, 11) is 3.84. The number of nitrogens with zero attached hydrogens (tertiary/aromatic N) is 4. The van der Waals surface area contributed by atoms with Crippen LogP contribution in [0.15, 0.2) is 4.99 Å². The SMILES string of the molecule is CN=C(NCCN1CCCC(C)C1)NC(C)Cc1c(C)nn(C)c1C.I. The summed E-state index contributed by atoms with van der Waals surface area (Å²) in [5.41, 5.74) is 3.70. The van der Waals surface area contributed by atoms with Gasteiger partial charge < -0.3 is 15.5 Å². The van der Waals surface area contributed by atoms with Gasteiger partial charge in [0.2, 0.25) is 0 Å². The lowest BCUT2D eigenvalue weighted by Gasteiger charge is -2.31. The molecule has 0 aliphatic carbocycles. The van der Waals surface area contributed by atoms with Crippen molar-refractivity contribution >= 4 is 29.9 Å². The van der Waals surface area contributed by atoms with Crippen molar-refractivity contribution in [3.63, 3.8) is 0 Å². The largest absolute Gasteiger partial charge is 0.355 e. The van der Waals surface area contributed by atoms with Gasteiger partial charge in [0.15, 0.2) is 5.96 Å². The lowest BCUT2D eigenvalue weighted by Crippen LogP contribution is -2.46. The maximum atomic E-state index is 4.51. The number of aromatic nitrogens is 2. The number of hydrogen-bond acceptors (Lipinski definition) is 3. The van der Waals surface area contributed by atoms with E-state index >= 15 is 0 Å². The van der Waals surface area contributed by atoms with Gasteiger partial charge in [-0.15, -0.1) is 24.0 Å². The van der Waals surface area contributed by atoms with Crippen LogP contribution in [0.4, 0.5) is 0 Å². The highest BCUT2D eigenvalue weighted by Gasteiger charge is 2.16. The molecular weight excluding hydrogens is 439 g/mol. The predicted molar refractivity (Wildman–Crippen MR) is 121 cm³/mol. The summed E-state index contributed by atoms with van der Waals surface area (Å²) in [6.07, 6.45) is 3.66. The molecule has 26 heavy (non-hydrogen) atoms. The van der Waals surface area contributed by atoms with Crippen LogP contribution in [0.1, 0.15) is 43.6 Å². The smallest absolute Gasteiger partial charge is 0.191 e. The maximum absolute atomic E-state index is 4.51. The Bertz CT molecular complexity index is 583. The fourth-order valence-corrected chi connectivity index (χ4v) is 3.72. The van der Waals surface area contributed by atoms with Gasteiger partial charge in [0.05, 0.1) is 5.69 Å². The van der Waals surface area contributed by atoms with Crippen LogP contribution >= 0.6 is 24.0 Å². The Morgan fingerprint density at radius 3 is 2.69 bits per heavy atom. The third kappa shape index (κ3) is 6.72. The summed E-state index contributed by atoms with van der Waals surface area (Å²) in [5.74, 6) is 1.72. The Morgan fingerprint density at radius 2 is 2.12 bits per heavy atom. The van der Waals surface area contributed by atoms with Crippen LogP contribution in [0, 0.1) is 19.8 Å². The molecule has 0 aromatic carbocycles. The van der Waals surface area contributed by atoms with Crippen LogP contribution in [-0.4, -0.2) is 59.9 Å². The van der Waals surface area contributed by atoms with E-state index in [4.69, 9.17) is 0 Å². The second-order valence-electron chi connectivity index (χ2n) is 7.57. The highest BCUT2D eigenvalue weighted by molar-refractivity contribution is 14.0. The van der Waals surface area contributed by atoms with Gasteiger partial charge in [-0.25, -0.2) is 0 Å². The van der Waals surface area contributed by atoms with E-state index in [2.05, 4.69) is 53.3 Å². The number of rotatable bonds is 6. The molecule has 2 unspecified atom stereocenters. The second kappa shape index (κ2) is 11.1. The van der Waals surface area contributed by atoms with Crippen LogP contribution < -0.4 is 10.6 Å². The van der Waals surface area contributed by atoms with Gasteiger partial charge in [-0.1, -0.05) is 6.92 Å². The minimum Gasteiger partial charge on any atom is -0.355 e. The van der Waals surface area contributed by atoms with Crippen molar-refractivity contribution < 1.29 is 0 Å². The molecule has 1 fully saturated rings. The normalized spacial score (nSPS) is 19.8. The third-order valence-corrected chi connectivity index (χ3v) is 5.24. The fourth-order valence-electron chi connectivity index (χ4n) is 3.72. The number of piperidine rings is 1. The van der Waals surface area contributed by atoms with E-state index in [1.165, 1.54) is 37.2 Å². The van der Waals surface area contributed by atoms with Gasteiger partial charge in [-0.2, -0.15) is 5.10 Å². The van der Waals surface area contributed by atoms with Crippen LogP contribution in [0.25, 0.3) is 0 Å². The molecule has 1 aromatic heterocycles. The van der Waals surface area contributed by atoms with E-state index in [0.29, 0.717) is 6.04 Å². The average Bonchev–Trinajstić information content (AvgIpc) is 2.80. The zero-order valence-corrected chi connectivity index (χ0v) is 19.6. The lowest BCUT2D eigenvalue weighted by atomic mass is 10.0. The van der Waals surface area contributed by atoms with Crippen LogP contribution in [0.3, 0.4) is 0 Å². The number of hydrogen-bond donors (Lipinski definition) is 2. The molecular formula is C19H37IN6. The van der Waals surface area contributed by atoms with Gasteiger partial charge in [0.25, 0.3) is 0 Å². The maximum Gasteiger partial charge on any atom is 0.191 e. The molecule has 2 rings (SSSR count). The molecule has 1 aliphatic rings. The number of nitrogens with one attached hydrogen (secondary N) is 2. The van der Waals surface area contributed by atoms with Gasteiger partial charge in [0.1, 0.15) is 0 Å². The molecule has 7 heteroatoms. The van der Waals surface area contributed by atoms with Crippen molar-refractivity contribution in [3.8, 4) is 0 Å². The van der Waals surface area contributed by atoms with Crippen molar-refractivity contribution in [2.24, 2.45) is 18.0 Å². The number of likely N-dealkylation sites (tertiary alicyclic amines) is 1. The Kier molecular flexibility index (Phi) is 9.92. The van der Waals surface area contributed by atoms with Gasteiger partial charge in [0, 0.05) is 45.5 Å². The Morgan fingerprint density at radius 1 is 1.38 bits per heavy atom. The first kappa shape index (κ1) is 23.2. The van der Waals surface area contributed by atoms with E-state index in [-0.39, 0.29) is 24.0 Å². The summed E-state index contributed by atoms with van der Waals surface area (Å²) in [6, 6.07) is 0.308. The van der Waals surface area contributed by atoms with E-state index in [1.807, 2.05) is 18.8 Å². The van der Waals surface area contributed by atoms with Crippen molar-refractivity contribution in [1.29, 1.82) is 0 Å². The van der Waals surface area contributed by atoms with Crippen LogP contribution in [0.5, 0.6) is 0 Å². The molecule has 0 amide bonds. The first-order chi connectivity index (χ1) is 11.9. The zero-order valence-electron chi connectivity index (χ0n) is 17.3. The molecule has 1 aromatic rings. The number of aliphatic imine (C=N–C) groups is 1. The zero-order chi connectivity index (χ0) is 18.4. The predicted octanol–water partition coefficient (Wildman–Crippen LogP) is 2.48. The minimum absolute atomic E-state index is 0. The molecule has 0 saturated carbocycles. The molecule has 2 heterocycles. The highest BCUT2D eigenvalue weighted by atomic mass is 127. The lowest BCUT2D eigenvalue weighted by molar-refractivity contribution is 0.187. The quantitative estimate of drug-likeness (QED) is 0.377. The second-order valence-corrected chi connectivity index (χ2v) is 7.57. The topological polar surface area (TPSA) is 57.5 Å². The molecule has 0 spiro atoms. The Balaban J connectivity index is 0.00000338. The molecule has 2 N–H and O–H groups in total. The monoisotopic (exact) mass is 476 g/mol. The molecule has 0 radical (unpaired) electrons. The van der Waals surface area contributed by atoms with Crippen molar-refractivity contribution in [1.82, 2.24) is 25.3 Å². The van der Waals surface area contributed by atoms with Gasteiger partial charge in [-0.3, -0.25) is 9.67 Å². The van der Waals surface area contributed by atoms with Crippen LogP contribution in [-0.2, 0) is 13.5 Å². The van der Waals surface area contributed by atoms with Crippen LogP contribution in [0.2, 0.25) is 0 Å². The summed E-state index contributed by atoms with van der Waals surface area (Å²) in [4.78, 5) is 6.93. The summed E-state index contributed by atoms with van der Waals surface area (Å²) >= 11 is 0. The van der Waals surface area contributed by atoms with E-state index in [9.17, 15) is 0 Å². The van der Waals surface area contributed by atoms with Crippen molar-refractivity contribution in [2.75, 3.05) is 33.2 Å². The molecule has 1 aliphatic heterocycles. The molecule has 150 valence electrons. The first-order valence-corrected chi connectivity index (χ1v) is 9.59. The molecule has 0 bridgehead atoms. The minimum atomic E-state index is 0. The first-order valence-electron chi connectivity index (χ1n) is 9.59. The Labute approximate surface area is 176 Å². The third-order valence-electron chi connectivity index (χ3n) is 5.24. The van der Waals surface area contributed by atoms with Crippen molar-refractivity contribution in [2.45, 2.75) is 53.0 Å². The number of halogens is 1. The van der Waals surface area contributed by atoms with E-state index in [1.54, 1.807) is 0 Å². The van der Waals surface area contributed by atoms with Gasteiger partial charge in [-0.05, 0) is 58.1 Å². The number of aryl methyl sites for hydroxylation is 2. The Hall–Kier alpha value is -0.830. The van der Waals surface area contributed by atoms with Gasteiger partial charge >= 0.3 is 0 Å². The molecule has 1 saturated heterocycles. The standard InChI is InChI=1S/C19H36N6.HI/c1-14-8-7-10-25(13-14)11-9-21-19(20-5)22-15(2)12-18-16(3)23-24(6)17(18)4;/h14-15H,7-13H2,1-6H3,(H2,20,21,22);1H. The van der Waals surface area contributed by atoms with E-state index in [0.717, 1.165) is 37.1 Å². The van der Waals surface area contributed by atoms with E-state index < -0.39 is 0 Å². The fraction of sp³-hybridized carbons (Fsp3) is 0.789. The summed E-state index contributed by atoms with van der Waals surface area (Å²) in [5, 5.41) is 11.5. The van der Waals surface area contributed by atoms with Crippen molar-refractivity contribution in [3.05, 3.63) is 17.0 Å². The average molecular weight is 476 g/mol.